The molecule has 1 aromatic heterocycles. The molecule has 0 fully saturated rings. The van der Waals surface area contributed by atoms with E-state index < -0.39 is 0 Å². The third-order valence-corrected chi connectivity index (χ3v) is 1.00. The minimum absolute atomic E-state index is 0.542. The minimum atomic E-state index is 0.542. The molecule has 2 N–H and O–H groups in total. The van der Waals surface area contributed by atoms with Crippen LogP contribution in [0.25, 0.3) is 0 Å². The topological polar surface area (TPSA) is 37.0 Å². The number of anilines is 1. The molecule has 50 valence electrons. The summed E-state index contributed by atoms with van der Waals surface area (Å²) in [4.78, 5) is 2.98. The fourth-order valence-electron chi connectivity index (χ4n) is 0.590. The van der Waals surface area contributed by atoms with Gasteiger partial charge in [0.2, 0.25) is 0 Å². The van der Waals surface area contributed by atoms with Crippen LogP contribution >= 0.6 is 0 Å². The van der Waals surface area contributed by atoms with Crippen LogP contribution in [-0.4, -0.2) is 18.8 Å². The quantitative estimate of drug-likeness (QED) is 0.593. The molecule has 1 aromatic rings. The Bertz CT molecular complexity index is 148. The van der Waals surface area contributed by atoms with Crippen LogP contribution in [0.1, 0.15) is 0 Å². The van der Waals surface area contributed by atoms with Crippen molar-refractivity contribution in [2.24, 2.45) is 0 Å². The standard InChI is InChI=1S/C6H10N2O/c1-9-5-8-6-3-2-4-7-6/h2-4,7-8H,5H2,1H3. The van der Waals surface area contributed by atoms with Gasteiger partial charge in [0.25, 0.3) is 0 Å². The monoisotopic (exact) mass is 126 g/mol. The van der Waals surface area contributed by atoms with Gasteiger partial charge in [-0.05, 0) is 12.1 Å². The number of rotatable bonds is 3. The fraction of sp³-hybridized carbons (Fsp3) is 0.333. The summed E-state index contributed by atoms with van der Waals surface area (Å²) in [5, 5.41) is 3.00. The third kappa shape index (κ3) is 1.77. The molecule has 9 heavy (non-hydrogen) atoms. The van der Waals surface area contributed by atoms with Crippen LogP contribution in [-0.2, 0) is 4.74 Å². The maximum atomic E-state index is 4.78. The number of hydrogen-bond donors (Lipinski definition) is 2. The SMILES string of the molecule is COCNc1ccc[nH]1. The second kappa shape index (κ2) is 3.14. The Morgan fingerprint density at radius 1 is 1.78 bits per heavy atom. The predicted octanol–water partition coefficient (Wildman–Crippen LogP) is 1.03. The van der Waals surface area contributed by atoms with Crippen molar-refractivity contribution in [1.82, 2.24) is 4.98 Å². The number of nitrogens with one attached hydrogen (secondary N) is 2. The highest BCUT2D eigenvalue weighted by Crippen LogP contribution is 1.98. The van der Waals surface area contributed by atoms with Crippen LogP contribution < -0.4 is 5.32 Å². The smallest absolute Gasteiger partial charge is 0.117 e. The van der Waals surface area contributed by atoms with Gasteiger partial charge in [0.15, 0.2) is 0 Å². The summed E-state index contributed by atoms with van der Waals surface area (Å²) < 4.78 is 4.78. The van der Waals surface area contributed by atoms with E-state index in [0.717, 1.165) is 5.82 Å². The number of methoxy groups -OCH3 is 1. The van der Waals surface area contributed by atoms with Crippen molar-refractivity contribution in [3.63, 3.8) is 0 Å². The maximum Gasteiger partial charge on any atom is 0.117 e. The highest BCUT2D eigenvalue weighted by atomic mass is 16.5. The van der Waals surface area contributed by atoms with Gasteiger partial charge in [-0.3, -0.25) is 0 Å². The summed E-state index contributed by atoms with van der Waals surface area (Å²) in [7, 11) is 1.65. The molecular weight excluding hydrogens is 116 g/mol. The van der Waals surface area contributed by atoms with Crippen LogP contribution in [0, 0.1) is 0 Å². The number of aromatic amines is 1. The molecule has 3 heteroatoms. The van der Waals surface area contributed by atoms with E-state index >= 15 is 0 Å². The van der Waals surface area contributed by atoms with E-state index in [1.807, 2.05) is 18.3 Å². The lowest BCUT2D eigenvalue weighted by Crippen LogP contribution is -2.02. The summed E-state index contributed by atoms with van der Waals surface area (Å²) in [6, 6.07) is 3.87. The van der Waals surface area contributed by atoms with Crippen molar-refractivity contribution in [1.29, 1.82) is 0 Å². The lowest BCUT2D eigenvalue weighted by Gasteiger charge is -1.99. The summed E-state index contributed by atoms with van der Waals surface area (Å²) in [5.74, 6) is 0.983. The second-order valence-corrected chi connectivity index (χ2v) is 1.69. The van der Waals surface area contributed by atoms with Crippen molar-refractivity contribution in [3.05, 3.63) is 18.3 Å². The van der Waals surface area contributed by atoms with Gasteiger partial charge in [-0.25, -0.2) is 0 Å². The largest absolute Gasteiger partial charge is 0.365 e. The van der Waals surface area contributed by atoms with Gasteiger partial charge < -0.3 is 15.0 Å². The zero-order valence-electron chi connectivity index (χ0n) is 5.35. The summed E-state index contributed by atoms with van der Waals surface area (Å²) in [6.07, 6.45) is 1.86. The van der Waals surface area contributed by atoms with E-state index in [2.05, 4.69) is 10.3 Å². The van der Waals surface area contributed by atoms with E-state index in [-0.39, 0.29) is 0 Å². The Morgan fingerprint density at radius 2 is 2.67 bits per heavy atom. The first-order valence-corrected chi connectivity index (χ1v) is 2.79. The molecule has 1 heterocycles. The molecule has 0 amide bonds. The Labute approximate surface area is 54.0 Å². The third-order valence-electron chi connectivity index (χ3n) is 1.00. The molecule has 0 aliphatic heterocycles. The number of hydrogen-bond acceptors (Lipinski definition) is 2. The van der Waals surface area contributed by atoms with E-state index in [1.165, 1.54) is 0 Å². The predicted molar refractivity (Wildman–Crippen MR) is 36.3 cm³/mol. The van der Waals surface area contributed by atoms with Gasteiger partial charge in [-0.15, -0.1) is 0 Å². The molecule has 0 aliphatic rings. The zero-order chi connectivity index (χ0) is 6.53. The fourth-order valence-corrected chi connectivity index (χ4v) is 0.590. The van der Waals surface area contributed by atoms with Gasteiger partial charge >= 0.3 is 0 Å². The molecule has 1 rings (SSSR count). The number of aromatic nitrogens is 1. The molecule has 3 nitrogen and oxygen atoms in total. The highest BCUT2D eigenvalue weighted by Gasteiger charge is 1.85. The molecule has 0 bridgehead atoms. The lowest BCUT2D eigenvalue weighted by molar-refractivity contribution is 0.221. The first-order valence-electron chi connectivity index (χ1n) is 2.79. The first-order chi connectivity index (χ1) is 4.43. The maximum absolute atomic E-state index is 4.78. The lowest BCUT2D eigenvalue weighted by atomic mass is 10.6. The van der Waals surface area contributed by atoms with Crippen molar-refractivity contribution in [2.45, 2.75) is 0 Å². The Kier molecular flexibility index (Phi) is 2.15. The van der Waals surface area contributed by atoms with E-state index in [4.69, 9.17) is 4.74 Å². The van der Waals surface area contributed by atoms with Gasteiger partial charge in [-0.1, -0.05) is 0 Å². The molecule has 0 atom stereocenters. The molecule has 0 spiro atoms. The van der Waals surface area contributed by atoms with E-state index in [1.54, 1.807) is 7.11 Å². The normalized spacial score (nSPS) is 9.44. The summed E-state index contributed by atoms with van der Waals surface area (Å²) in [6.45, 7) is 0.542. The van der Waals surface area contributed by atoms with Crippen LogP contribution in [0.15, 0.2) is 18.3 Å². The van der Waals surface area contributed by atoms with Crippen molar-refractivity contribution < 1.29 is 4.74 Å². The highest BCUT2D eigenvalue weighted by molar-refractivity contribution is 5.33. The van der Waals surface area contributed by atoms with Crippen molar-refractivity contribution in [2.75, 3.05) is 19.2 Å². The number of ether oxygens (including phenoxy) is 1. The van der Waals surface area contributed by atoms with Crippen LogP contribution in [0.3, 0.4) is 0 Å². The van der Waals surface area contributed by atoms with Crippen LogP contribution in [0.2, 0.25) is 0 Å². The van der Waals surface area contributed by atoms with Crippen LogP contribution in [0.5, 0.6) is 0 Å². The van der Waals surface area contributed by atoms with Crippen LogP contribution in [0.4, 0.5) is 5.82 Å². The number of H-pyrrole nitrogens is 1. The molecule has 0 radical (unpaired) electrons. The zero-order valence-corrected chi connectivity index (χ0v) is 5.35. The molecule has 0 saturated heterocycles. The molecule has 0 unspecified atom stereocenters. The van der Waals surface area contributed by atoms with Gasteiger partial charge in [0, 0.05) is 13.3 Å². The molecule has 0 saturated carbocycles. The Balaban J connectivity index is 2.30. The summed E-state index contributed by atoms with van der Waals surface area (Å²) >= 11 is 0. The van der Waals surface area contributed by atoms with Crippen molar-refractivity contribution >= 4 is 5.82 Å². The first kappa shape index (κ1) is 6.16. The molecular formula is C6H10N2O. The Morgan fingerprint density at radius 3 is 3.22 bits per heavy atom. The minimum Gasteiger partial charge on any atom is -0.365 e. The van der Waals surface area contributed by atoms with Crippen molar-refractivity contribution in [3.8, 4) is 0 Å². The summed E-state index contributed by atoms with van der Waals surface area (Å²) in [5.41, 5.74) is 0. The van der Waals surface area contributed by atoms with E-state index in [0.29, 0.717) is 6.73 Å². The van der Waals surface area contributed by atoms with Gasteiger partial charge in [-0.2, -0.15) is 0 Å². The van der Waals surface area contributed by atoms with Gasteiger partial charge in [0.05, 0.1) is 0 Å². The average molecular weight is 126 g/mol. The second-order valence-electron chi connectivity index (χ2n) is 1.69. The van der Waals surface area contributed by atoms with Gasteiger partial charge in [0.1, 0.15) is 12.5 Å². The average Bonchev–Trinajstić information content (AvgIpc) is 2.34. The Hall–Kier alpha value is -0.960. The molecule has 0 aromatic carbocycles. The molecule has 0 aliphatic carbocycles. The van der Waals surface area contributed by atoms with E-state index in [9.17, 15) is 0 Å².